The number of nitrogens with one attached hydrogen (secondary N) is 2. The summed E-state index contributed by atoms with van der Waals surface area (Å²) in [6.07, 6.45) is 5.80. The van der Waals surface area contributed by atoms with Crippen LogP contribution in [-0.4, -0.2) is 55.4 Å². The number of aromatic nitrogens is 4. The number of hydrogen-bond donors (Lipinski definition) is 3. The molecule has 3 aromatic rings. The molecule has 2 aliphatic rings. The third kappa shape index (κ3) is 5.35. The number of amides is 2. The Hall–Kier alpha value is -3.54. The number of fused-ring (bicyclic) bond motifs is 1. The van der Waals surface area contributed by atoms with Crippen LogP contribution in [0.2, 0.25) is 5.02 Å². The van der Waals surface area contributed by atoms with E-state index in [2.05, 4.69) is 20.6 Å². The van der Waals surface area contributed by atoms with Gasteiger partial charge in [-0.1, -0.05) is 11.6 Å². The minimum atomic E-state index is -0.855. The molecule has 0 bridgehead atoms. The molecule has 0 radical (unpaired) electrons. The van der Waals surface area contributed by atoms with Gasteiger partial charge in [0.25, 0.3) is 0 Å². The van der Waals surface area contributed by atoms with Crippen molar-refractivity contribution in [3.63, 3.8) is 0 Å². The number of carbonyl (C=O) groups is 2. The maximum absolute atomic E-state index is 14.6. The third-order valence-electron chi connectivity index (χ3n) is 7.34. The van der Waals surface area contributed by atoms with E-state index < -0.39 is 11.6 Å². The number of hydrogen-bond acceptors (Lipinski definition) is 7. The molecule has 1 saturated carbocycles. The highest BCUT2D eigenvalue weighted by Gasteiger charge is 2.30. The normalized spacial score (nSPS) is 21.9. The molecule has 5 rings (SSSR count). The topological polar surface area (TPSA) is 131 Å². The van der Waals surface area contributed by atoms with Gasteiger partial charge in [-0.15, -0.1) is 0 Å². The van der Waals surface area contributed by atoms with Crippen LogP contribution < -0.4 is 16.4 Å². The Kier molecular flexibility index (Phi) is 7.33. The van der Waals surface area contributed by atoms with E-state index in [1.54, 1.807) is 18.0 Å². The molecule has 1 aromatic carbocycles. The highest BCUT2D eigenvalue weighted by atomic mass is 35.5. The van der Waals surface area contributed by atoms with Gasteiger partial charge in [0.1, 0.15) is 11.3 Å². The molecule has 1 atom stereocenters. The van der Waals surface area contributed by atoms with Crippen molar-refractivity contribution in [3.05, 3.63) is 35.0 Å². The maximum atomic E-state index is 14.6. The van der Waals surface area contributed by atoms with Crippen molar-refractivity contribution in [2.24, 2.45) is 11.7 Å². The van der Waals surface area contributed by atoms with E-state index in [1.807, 2.05) is 4.57 Å². The Balaban J connectivity index is 1.50. The van der Waals surface area contributed by atoms with Crippen molar-refractivity contribution in [2.75, 3.05) is 23.7 Å². The summed E-state index contributed by atoms with van der Waals surface area (Å²) in [5.41, 5.74) is 6.42. The van der Waals surface area contributed by atoms with Crippen molar-refractivity contribution in [2.45, 2.75) is 57.5 Å². The molecule has 1 aliphatic carbocycles. The summed E-state index contributed by atoms with van der Waals surface area (Å²) in [4.78, 5) is 39.1. The summed E-state index contributed by atoms with van der Waals surface area (Å²) < 4.78 is 30.1. The molecule has 13 heteroatoms. The van der Waals surface area contributed by atoms with Crippen LogP contribution in [0.15, 0.2) is 18.3 Å². The number of imidazole rings is 1. The van der Waals surface area contributed by atoms with Gasteiger partial charge in [-0.2, -0.15) is 4.98 Å². The van der Waals surface area contributed by atoms with E-state index in [0.29, 0.717) is 49.3 Å². The van der Waals surface area contributed by atoms with Crippen LogP contribution in [0.3, 0.4) is 0 Å². The monoisotopic (exact) mass is 546 g/mol. The zero-order valence-electron chi connectivity index (χ0n) is 20.9. The number of anilines is 3. The smallest absolute Gasteiger partial charge is 0.225 e. The molecule has 4 N–H and O–H groups in total. The standard InChI is InChI=1S/C25H29ClF2N8O2/c1-13(37)35-8-2-3-16(12-35)31-24-30-11-20-23(34-24)36(17-6-4-14(5-7-17)22(29)38)25(32-20)33-21-18(26)9-15(27)10-19(21)28/h9-11,14,16-17H,2-8,12H2,1H3,(H2,29,38)(H,32,33)(H,30,31,34)/t14-,16-,17+/m1/s1. The number of rotatable bonds is 6. The van der Waals surface area contributed by atoms with Crippen LogP contribution in [0, 0.1) is 17.6 Å². The zero-order valence-corrected chi connectivity index (χ0v) is 21.6. The molecule has 2 amide bonds. The minimum absolute atomic E-state index is 0.00260. The molecular formula is C25H29ClF2N8O2. The average Bonchev–Trinajstić information content (AvgIpc) is 3.23. The maximum Gasteiger partial charge on any atom is 0.225 e. The van der Waals surface area contributed by atoms with E-state index in [4.69, 9.17) is 22.3 Å². The molecule has 1 saturated heterocycles. The lowest BCUT2D eigenvalue weighted by molar-refractivity contribution is -0.129. The highest BCUT2D eigenvalue weighted by Crippen LogP contribution is 2.38. The van der Waals surface area contributed by atoms with Crippen LogP contribution in [0.5, 0.6) is 0 Å². The Bertz CT molecular complexity index is 1350. The largest absolute Gasteiger partial charge is 0.369 e. The van der Waals surface area contributed by atoms with Crippen LogP contribution in [-0.2, 0) is 9.59 Å². The number of likely N-dealkylation sites (tertiary alicyclic amines) is 1. The van der Waals surface area contributed by atoms with Crippen molar-refractivity contribution < 1.29 is 18.4 Å². The second-order valence-electron chi connectivity index (χ2n) is 9.93. The molecule has 10 nitrogen and oxygen atoms in total. The van der Waals surface area contributed by atoms with Crippen molar-refractivity contribution >= 4 is 52.2 Å². The third-order valence-corrected chi connectivity index (χ3v) is 7.64. The first-order valence-corrected chi connectivity index (χ1v) is 13.0. The predicted octanol–water partition coefficient (Wildman–Crippen LogP) is 4.14. The van der Waals surface area contributed by atoms with Gasteiger partial charge < -0.3 is 21.3 Å². The zero-order chi connectivity index (χ0) is 27.0. The second kappa shape index (κ2) is 10.7. The molecule has 1 aliphatic heterocycles. The van der Waals surface area contributed by atoms with Gasteiger partial charge in [-0.25, -0.2) is 18.7 Å². The molecule has 3 heterocycles. The summed E-state index contributed by atoms with van der Waals surface area (Å²) in [7, 11) is 0. The van der Waals surface area contributed by atoms with Gasteiger partial charge >= 0.3 is 0 Å². The van der Waals surface area contributed by atoms with Gasteiger partial charge in [0.05, 0.1) is 16.9 Å². The van der Waals surface area contributed by atoms with Gasteiger partial charge in [0.15, 0.2) is 11.5 Å². The average molecular weight is 547 g/mol. The number of nitrogens with two attached hydrogens (primary N) is 1. The van der Waals surface area contributed by atoms with Gasteiger partial charge in [-0.3, -0.25) is 14.2 Å². The van der Waals surface area contributed by atoms with Gasteiger partial charge in [-0.05, 0) is 44.6 Å². The van der Waals surface area contributed by atoms with E-state index in [9.17, 15) is 18.4 Å². The molecule has 0 unspecified atom stereocenters. The van der Waals surface area contributed by atoms with Crippen LogP contribution in [0.4, 0.5) is 26.4 Å². The summed E-state index contributed by atoms with van der Waals surface area (Å²) in [6, 6.07) is 1.66. The fourth-order valence-corrected chi connectivity index (χ4v) is 5.59. The van der Waals surface area contributed by atoms with E-state index >= 15 is 0 Å². The minimum Gasteiger partial charge on any atom is -0.369 e. The fraction of sp³-hybridized carbons (Fsp3) is 0.480. The number of benzene rings is 1. The van der Waals surface area contributed by atoms with Crippen LogP contribution in [0.25, 0.3) is 11.2 Å². The Morgan fingerprint density at radius 2 is 1.89 bits per heavy atom. The van der Waals surface area contributed by atoms with Gasteiger partial charge in [0, 0.05) is 44.1 Å². The molecule has 2 fully saturated rings. The molecule has 38 heavy (non-hydrogen) atoms. The fourth-order valence-electron chi connectivity index (χ4n) is 5.35. The van der Waals surface area contributed by atoms with Gasteiger partial charge in [0.2, 0.25) is 23.7 Å². The number of carbonyl (C=O) groups excluding carboxylic acids is 2. The van der Waals surface area contributed by atoms with E-state index in [-0.39, 0.29) is 46.5 Å². The SMILES string of the molecule is CC(=O)N1CCC[C@@H](Nc2ncc3nc(Nc4c(F)cc(F)cc4Cl)n([C@H]4CC[C@@H](C(N)=O)CC4)c3n2)C1. The summed E-state index contributed by atoms with van der Waals surface area (Å²) in [6.45, 7) is 2.84. The lowest BCUT2D eigenvalue weighted by Crippen LogP contribution is -2.44. The Morgan fingerprint density at radius 1 is 1.13 bits per heavy atom. The van der Waals surface area contributed by atoms with Crippen molar-refractivity contribution in [3.8, 4) is 0 Å². The first kappa shape index (κ1) is 26.1. The van der Waals surface area contributed by atoms with Crippen molar-refractivity contribution in [1.82, 2.24) is 24.4 Å². The highest BCUT2D eigenvalue weighted by molar-refractivity contribution is 6.33. The Morgan fingerprint density at radius 3 is 2.58 bits per heavy atom. The quantitative estimate of drug-likeness (QED) is 0.423. The summed E-state index contributed by atoms with van der Waals surface area (Å²) in [5.74, 6) is -1.47. The van der Waals surface area contributed by atoms with Crippen LogP contribution >= 0.6 is 11.6 Å². The lowest BCUT2D eigenvalue weighted by atomic mass is 9.85. The molecule has 2 aromatic heterocycles. The number of halogens is 3. The summed E-state index contributed by atoms with van der Waals surface area (Å²) in [5, 5.41) is 6.14. The first-order chi connectivity index (χ1) is 18.2. The lowest BCUT2D eigenvalue weighted by Gasteiger charge is -2.32. The van der Waals surface area contributed by atoms with Crippen LogP contribution in [0.1, 0.15) is 51.5 Å². The van der Waals surface area contributed by atoms with E-state index in [0.717, 1.165) is 31.5 Å². The first-order valence-electron chi connectivity index (χ1n) is 12.7. The predicted molar refractivity (Wildman–Crippen MR) is 139 cm³/mol. The number of piperidine rings is 1. The molecule has 0 spiro atoms. The Labute approximate surface area is 223 Å². The number of nitrogens with zero attached hydrogens (tertiary/aromatic N) is 5. The number of primary amides is 1. The molecule has 202 valence electrons. The summed E-state index contributed by atoms with van der Waals surface area (Å²) >= 11 is 6.15. The second-order valence-corrected chi connectivity index (χ2v) is 10.3. The van der Waals surface area contributed by atoms with E-state index in [1.165, 1.54) is 0 Å². The molecular weight excluding hydrogens is 518 g/mol. The van der Waals surface area contributed by atoms with Crippen molar-refractivity contribution in [1.29, 1.82) is 0 Å².